The minimum Gasteiger partial charge on any atom is -0.497 e. The molecule has 1 unspecified atom stereocenters. The quantitative estimate of drug-likeness (QED) is 0.532. The lowest BCUT2D eigenvalue weighted by atomic mass is 9.69. The van der Waals surface area contributed by atoms with Gasteiger partial charge in [0.05, 0.1) is 30.0 Å². The summed E-state index contributed by atoms with van der Waals surface area (Å²) in [6.45, 7) is 4.08. The molecule has 1 atom stereocenters. The molecule has 2 aromatic rings. The molecule has 0 spiro atoms. The Morgan fingerprint density at radius 2 is 1.78 bits per heavy atom. The normalized spacial score (nSPS) is 20.3. The van der Waals surface area contributed by atoms with Crippen molar-refractivity contribution in [3.8, 4) is 11.5 Å². The van der Waals surface area contributed by atoms with Crippen LogP contribution in [0.4, 0.5) is 5.69 Å². The Hall–Kier alpha value is -2.50. The van der Waals surface area contributed by atoms with Crippen LogP contribution in [-0.2, 0) is 9.59 Å². The molecule has 2 aliphatic rings. The number of carbonyl (C=O) groups excluding carboxylic acids is 2. The fraction of sp³-hybridized carbons (Fsp3) is 0.360. The molecule has 0 bridgehead atoms. The summed E-state index contributed by atoms with van der Waals surface area (Å²) in [6.07, 6.45) is 1.07. The van der Waals surface area contributed by atoms with E-state index < -0.39 is 5.92 Å². The van der Waals surface area contributed by atoms with Crippen molar-refractivity contribution in [1.82, 2.24) is 0 Å². The van der Waals surface area contributed by atoms with Gasteiger partial charge in [0.2, 0.25) is 5.91 Å². The molecule has 0 N–H and O–H groups in total. The lowest BCUT2D eigenvalue weighted by molar-refractivity contribution is -0.121. The number of hydrogen-bond donors (Lipinski definition) is 0. The van der Waals surface area contributed by atoms with Gasteiger partial charge in [-0.15, -0.1) is 0 Å². The first-order chi connectivity index (χ1) is 15.2. The second-order valence-electron chi connectivity index (χ2n) is 8.97. The smallest absolute Gasteiger partial charge is 0.232 e. The summed E-state index contributed by atoms with van der Waals surface area (Å²) in [4.78, 5) is 28.7. The third-order valence-electron chi connectivity index (χ3n) is 6.13. The fourth-order valence-electron chi connectivity index (χ4n) is 4.72. The maximum absolute atomic E-state index is 13.6. The second-order valence-corrected chi connectivity index (χ2v) is 9.75. The van der Waals surface area contributed by atoms with Crippen molar-refractivity contribution in [2.75, 3.05) is 19.1 Å². The summed E-state index contributed by atoms with van der Waals surface area (Å²) < 4.78 is 10.9. The van der Waals surface area contributed by atoms with Crippen LogP contribution >= 0.6 is 23.2 Å². The topological polar surface area (TPSA) is 55.8 Å². The van der Waals surface area contributed by atoms with Crippen LogP contribution in [0, 0.1) is 5.41 Å². The highest BCUT2D eigenvalue weighted by Crippen LogP contribution is 2.51. The molecule has 7 heteroatoms. The van der Waals surface area contributed by atoms with E-state index in [1.165, 1.54) is 0 Å². The summed E-state index contributed by atoms with van der Waals surface area (Å²) >= 11 is 12.8. The summed E-state index contributed by atoms with van der Waals surface area (Å²) in [5.41, 5.74) is 2.28. The average Bonchev–Trinajstić information content (AvgIpc) is 2.73. The fourth-order valence-corrected chi connectivity index (χ4v) is 5.16. The van der Waals surface area contributed by atoms with Gasteiger partial charge in [-0.2, -0.15) is 0 Å². The zero-order valence-electron chi connectivity index (χ0n) is 18.5. The van der Waals surface area contributed by atoms with E-state index in [-0.39, 0.29) is 23.5 Å². The van der Waals surface area contributed by atoms with Gasteiger partial charge in [-0.05, 0) is 35.6 Å². The van der Waals surface area contributed by atoms with Crippen LogP contribution in [0.15, 0.2) is 47.7 Å². The number of ketones is 1. The zero-order valence-corrected chi connectivity index (χ0v) is 20.0. The van der Waals surface area contributed by atoms with Gasteiger partial charge in [0, 0.05) is 36.1 Å². The predicted octanol–water partition coefficient (Wildman–Crippen LogP) is 6.17. The summed E-state index contributed by atoms with van der Waals surface area (Å²) in [5, 5.41) is 0.781. The van der Waals surface area contributed by atoms with Crippen molar-refractivity contribution in [2.45, 2.75) is 39.0 Å². The highest BCUT2D eigenvalue weighted by atomic mass is 35.5. The standard InChI is InChI=1S/C25H25Cl2NO4/c1-25(2)12-19-23(20(29)13-25)16(15-6-5-7-17(26)24(15)27)11-22(30)28(19)18-10-14(31-3)8-9-21(18)32-4/h5-10,16H,11-13H2,1-4H3. The Kier molecular flexibility index (Phi) is 5.99. The van der Waals surface area contributed by atoms with E-state index in [1.807, 2.05) is 19.9 Å². The van der Waals surface area contributed by atoms with Crippen LogP contribution in [0.3, 0.4) is 0 Å². The third-order valence-corrected chi connectivity index (χ3v) is 6.96. The van der Waals surface area contributed by atoms with Crippen molar-refractivity contribution in [1.29, 1.82) is 0 Å². The van der Waals surface area contributed by atoms with Gasteiger partial charge < -0.3 is 9.47 Å². The third kappa shape index (κ3) is 3.89. The van der Waals surface area contributed by atoms with Gasteiger partial charge in [0.25, 0.3) is 0 Å². The number of amides is 1. The van der Waals surface area contributed by atoms with E-state index in [1.54, 1.807) is 49.5 Å². The Bertz CT molecular complexity index is 1140. The molecule has 0 fully saturated rings. The molecule has 0 aromatic heterocycles. The number of methoxy groups -OCH3 is 2. The Labute approximate surface area is 197 Å². The number of Topliss-reactive ketones (excluding diaryl/α,β-unsaturated/α-hetero) is 1. The Morgan fingerprint density at radius 1 is 1.03 bits per heavy atom. The van der Waals surface area contributed by atoms with E-state index in [0.717, 1.165) is 0 Å². The molecule has 1 aliphatic heterocycles. The Morgan fingerprint density at radius 3 is 2.47 bits per heavy atom. The van der Waals surface area contributed by atoms with Gasteiger partial charge in [-0.3, -0.25) is 14.5 Å². The van der Waals surface area contributed by atoms with Crippen molar-refractivity contribution in [3.05, 3.63) is 63.3 Å². The first kappa shape index (κ1) is 22.7. The highest BCUT2D eigenvalue weighted by molar-refractivity contribution is 6.42. The van der Waals surface area contributed by atoms with Crippen LogP contribution < -0.4 is 14.4 Å². The number of carbonyl (C=O) groups is 2. The molecule has 0 saturated heterocycles. The van der Waals surface area contributed by atoms with Crippen molar-refractivity contribution in [2.24, 2.45) is 5.41 Å². The minimum absolute atomic E-state index is 0.0247. The van der Waals surface area contributed by atoms with E-state index in [0.29, 0.717) is 56.9 Å². The van der Waals surface area contributed by atoms with E-state index in [9.17, 15) is 9.59 Å². The van der Waals surface area contributed by atoms with Gasteiger partial charge >= 0.3 is 0 Å². The van der Waals surface area contributed by atoms with Crippen molar-refractivity contribution in [3.63, 3.8) is 0 Å². The van der Waals surface area contributed by atoms with E-state index in [4.69, 9.17) is 32.7 Å². The van der Waals surface area contributed by atoms with Gasteiger partial charge in [-0.25, -0.2) is 0 Å². The number of hydrogen-bond acceptors (Lipinski definition) is 4. The molecule has 0 saturated carbocycles. The monoisotopic (exact) mass is 473 g/mol. The number of halogens is 2. The van der Waals surface area contributed by atoms with E-state index in [2.05, 4.69) is 0 Å². The zero-order chi connectivity index (χ0) is 23.2. The van der Waals surface area contributed by atoms with Crippen molar-refractivity contribution < 1.29 is 19.1 Å². The molecule has 1 heterocycles. The largest absolute Gasteiger partial charge is 0.497 e. The number of rotatable bonds is 4. The Balaban J connectivity index is 1.96. The molecule has 1 amide bonds. The van der Waals surface area contributed by atoms with E-state index >= 15 is 0 Å². The molecule has 168 valence electrons. The lowest BCUT2D eigenvalue weighted by Gasteiger charge is -2.43. The summed E-state index contributed by atoms with van der Waals surface area (Å²) in [7, 11) is 3.12. The second kappa shape index (κ2) is 8.45. The summed E-state index contributed by atoms with van der Waals surface area (Å²) in [5.74, 6) is 0.567. The molecular weight excluding hydrogens is 449 g/mol. The van der Waals surface area contributed by atoms with Gasteiger partial charge in [0.15, 0.2) is 5.78 Å². The maximum Gasteiger partial charge on any atom is 0.232 e. The first-order valence-electron chi connectivity index (χ1n) is 10.4. The minimum atomic E-state index is -0.444. The van der Waals surface area contributed by atoms with Crippen LogP contribution in [0.5, 0.6) is 11.5 Å². The number of benzene rings is 2. The number of allylic oxidation sites excluding steroid dienone is 2. The SMILES string of the molecule is COc1ccc(OC)c(N2C(=O)CC(c3cccc(Cl)c3Cl)C3=C2CC(C)(C)CC3=O)c1. The van der Waals surface area contributed by atoms with Gasteiger partial charge in [-0.1, -0.05) is 49.2 Å². The molecule has 32 heavy (non-hydrogen) atoms. The van der Waals surface area contributed by atoms with Crippen LogP contribution in [0.25, 0.3) is 0 Å². The average molecular weight is 474 g/mol. The van der Waals surface area contributed by atoms with Gasteiger partial charge in [0.1, 0.15) is 11.5 Å². The molecule has 4 rings (SSSR count). The molecule has 1 aliphatic carbocycles. The highest BCUT2D eigenvalue weighted by Gasteiger charge is 2.45. The molecular formula is C25H25Cl2NO4. The molecule has 5 nitrogen and oxygen atoms in total. The first-order valence-corrected chi connectivity index (χ1v) is 11.2. The maximum atomic E-state index is 13.6. The molecule has 0 radical (unpaired) electrons. The van der Waals surface area contributed by atoms with Crippen molar-refractivity contribution >= 4 is 40.6 Å². The van der Waals surface area contributed by atoms with Crippen LogP contribution in [-0.4, -0.2) is 25.9 Å². The number of nitrogens with zero attached hydrogens (tertiary/aromatic N) is 1. The number of anilines is 1. The number of ether oxygens (including phenoxy) is 2. The predicted molar refractivity (Wildman–Crippen MR) is 126 cm³/mol. The summed E-state index contributed by atoms with van der Waals surface area (Å²) in [6, 6.07) is 10.6. The van der Waals surface area contributed by atoms with Crippen LogP contribution in [0.1, 0.15) is 44.6 Å². The molecule has 2 aromatic carbocycles. The van der Waals surface area contributed by atoms with Crippen LogP contribution in [0.2, 0.25) is 10.0 Å². The lowest BCUT2D eigenvalue weighted by Crippen LogP contribution is -2.44.